The summed E-state index contributed by atoms with van der Waals surface area (Å²) >= 11 is 6.10. The van der Waals surface area contributed by atoms with Crippen LogP contribution in [0.15, 0.2) is 36.5 Å². The van der Waals surface area contributed by atoms with Crippen molar-refractivity contribution < 1.29 is 9.84 Å². The van der Waals surface area contributed by atoms with Crippen LogP contribution >= 0.6 is 11.6 Å². The molecule has 1 N–H and O–H groups in total. The van der Waals surface area contributed by atoms with Crippen molar-refractivity contribution in [3.8, 4) is 11.5 Å². The molecule has 1 aromatic heterocycles. The van der Waals surface area contributed by atoms with Gasteiger partial charge in [-0.2, -0.15) is 5.10 Å². The molecule has 90 valence electrons. The van der Waals surface area contributed by atoms with Gasteiger partial charge in [-0.25, -0.2) is 0 Å². The van der Waals surface area contributed by atoms with E-state index in [2.05, 4.69) is 5.10 Å². The van der Waals surface area contributed by atoms with E-state index in [1.807, 2.05) is 30.3 Å². The monoisotopic (exact) mass is 252 g/mol. The molecule has 0 fully saturated rings. The van der Waals surface area contributed by atoms with Gasteiger partial charge < -0.3 is 9.84 Å². The van der Waals surface area contributed by atoms with Gasteiger partial charge in [0, 0.05) is 13.2 Å². The molecule has 17 heavy (non-hydrogen) atoms. The molecule has 0 unspecified atom stereocenters. The molecule has 0 bridgehead atoms. The zero-order valence-electron chi connectivity index (χ0n) is 9.21. The number of benzene rings is 1. The maximum Gasteiger partial charge on any atom is 0.184 e. The SMILES string of the molecule is OCCCn1ncc(Oc2ccccc2)c1Cl. The highest BCUT2D eigenvalue weighted by molar-refractivity contribution is 6.31. The molecule has 2 rings (SSSR count). The summed E-state index contributed by atoms with van der Waals surface area (Å²) in [5.74, 6) is 1.24. The van der Waals surface area contributed by atoms with Gasteiger partial charge in [-0.3, -0.25) is 4.68 Å². The molecule has 0 saturated carbocycles. The molecule has 0 atom stereocenters. The zero-order chi connectivity index (χ0) is 12.1. The summed E-state index contributed by atoms with van der Waals surface area (Å²) in [6.07, 6.45) is 2.19. The molecule has 5 heteroatoms. The summed E-state index contributed by atoms with van der Waals surface area (Å²) in [6, 6.07) is 9.39. The van der Waals surface area contributed by atoms with Crippen LogP contribution in [0.5, 0.6) is 11.5 Å². The van der Waals surface area contributed by atoms with Crippen LogP contribution in [-0.4, -0.2) is 21.5 Å². The van der Waals surface area contributed by atoms with Crippen LogP contribution in [0.2, 0.25) is 5.15 Å². The lowest BCUT2D eigenvalue weighted by atomic mass is 10.3. The number of nitrogens with zero attached hydrogens (tertiary/aromatic N) is 2. The zero-order valence-corrected chi connectivity index (χ0v) is 9.97. The second kappa shape index (κ2) is 5.70. The number of hydrogen-bond acceptors (Lipinski definition) is 3. The minimum Gasteiger partial charge on any atom is -0.452 e. The molecule has 0 amide bonds. The van der Waals surface area contributed by atoms with Crippen molar-refractivity contribution >= 4 is 11.6 Å². The van der Waals surface area contributed by atoms with Crippen molar-refractivity contribution in [2.75, 3.05) is 6.61 Å². The van der Waals surface area contributed by atoms with Gasteiger partial charge in [-0.1, -0.05) is 29.8 Å². The lowest BCUT2D eigenvalue weighted by molar-refractivity contribution is 0.277. The van der Waals surface area contributed by atoms with E-state index in [0.717, 1.165) is 5.75 Å². The van der Waals surface area contributed by atoms with Crippen LogP contribution in [0.1, 0.15) is 6.42 Å². The lowest BCUT2D eigenvalue weighted by Gasteiger charge is -2.04. The van der Waals surface area contributed by atoms with E-state index >= 15 is 0 Å². The van der Waals surface area contributed by atoms with E-state index in [1.54, 1.807) is 10.9 Å². The summed E-state index contributed by atoms with van der Waals surface area (Å²) in [4.78, 5) is 0. The first-order chi connectivity index (χ1) is 8.31. The van der Waals surface area contributed by atoms with Crippen LogP contribution in [0.4, 0.5) is 0 Å². The van der Waals surface area contributed by atoms with Gasteiger partial charge >= 0.3 is 0 Å². The molecule has 0 spiro atoms. The first-order valence-electron chi connectivity index (χ1n) is 5.36. The predicted molar refractivity (Wildman–Crippen MR) is 65.5 cm³/mol. The van der Waals surface area contributed by atoms with Gasteiger partial charge in [0.15, 0.2) is 10.9 Å². The van der Waals surface area contributed by atoms with Crippen LogP contribution in [-0.2, 0) is 6.54 Å². The fourth-order valence-electron chi connectivity index (χ4n) is 1.41. The number of aliphatic hydroxyl groups is 1. The molecule has 2 aromatic rings. The molecular weight excluding hydrogens is 240 g/mol. The first kappa shape index (κ1) is 12.0. The van der Waals surface area contributed by atoms with E-state index in [9.17, 15) is 0 Å². The third-order valence-electron chi connectivity index (χ3n) is 2.24. The lowest BCUT2D eigenvalue weighted by Crippen LogP contribution is -2.01. The van der Waals surface area contributed by atoms with Crippen molar-refractivity contribution in [1.82, 2.24) is 9.78 Å². The van der Waals surface area contributed by atoms with Crippen LogP contribution < -0.4 is 4.74 Å². The van der Waals surface area contributed by atoms with E-state index in [4.69, 9.17) is 21.4 Å². The summed E-state index contributed by atoms with van der Waals surface area (Å²) in [6.45, 7) is 0.693. The van der Waals surface area contributed by atoms with Gasteiger partial charge in [0.2, 0.25) is 0 Å². The fraction of sp³-hybridized carbons (Fsp3) is 0.250. The highest BCUT2D eigenvalue weighted by Crippen LogP contribution is 2.28. The number of hydrogen-bond donors (Lipinski definition) is 1. The molecule has 1 aromatic carbocycles. The number of aryl methyl sites for hydroxylation is 1. The number of aliphatic hydroxyl groups excluding tert-OH is 1. The molecule has 4 nitrogen and oxygen atoms in total. The Bertz CT molecular complexity index is 471. The average Bonchev–Trinajstić information content (AvgIpc) is 2.70. The normalized spacial score (nSPS) is 10.5. The summed E-state index contributed by atoms with van der Waals surface area (Å²) in [5, 5.41) is 13.3. The van der Waals surface area contributed by atoms with Crippen molar-refractivity contribution in [3.63, 3.8) is 0 Å². The minimum absolute atomic E-state index is 0.116. The minimum atomic E-state index is 0.116. The average molecular weight is 253 g/mol. The molecular formula is C12H13ClN2O2. The van der Waals surface area contributed by atoms with E-state index in [0.29, 0.717) is 23.9 Å². The molecule has 0 aliphatic heterocycles. The van der Waals surface area contributed by atoms with Crippen molar-refractivity contribution in [2.24, 2.45) is 0 Å². The smallest absolute Gasteiger partial charge is 0.184 e. The standard InChI is InChI=1S/C12H13ClN2O2/c13-12-11(9-14-15(12)7-4-8-16)17-10-5-2-1-3-6-10/h1-3,5-6,9,16H,4,7-8H2. The maximum absolute atomic E-state index is 8.75. The molecule has 0 aliphatic rings. The molecule has 0 saturated heterocycles. The van der Waals surface area contributed by atoms with Crippen LogP contribution in [0.25, 0.3) is 0 Å². The van der Waals surface area contributed by atoms with Gasteiger partial charge in [-0.05, 0) is 18.6 Å². The molecule has 1 heterocycles. The Labute approximate surface area is 104 Å². The van der Waals surface area contributed by atoms with E-state index in [-0.39, 0.29) is 6.61 Å². The summed E-state index contributed by atoms with van der Waals surface area (Å²) in [5.41, 5.74) is 0. The Hall–Kier alpha value is -1.52. The van der Waals surface area contributed by atoms with Crippen molar-refractivity contribution in [1.29, 1.82) is 0 Å². The summed E-state index contributed by atoms with van der Waals surface area (Å²) < 4.78 is 7.20. The largest absolute Gasteiger partial charge is 0.452 e. The van der Waals surface area contributed by atoms with Gasteiger partial charge in [-0.15, -0.1) is 0 Å². The summed E-state index contributed by atoms with van der Waals surface area (Å²) in [7, 11) is 0. The number of halogens is 1. The molecule has 0 radical (unpaired) electrons. The third kappa shape index (κ3) is 2.99. The van der Waals surface area contributed by atoms with Gasteiger partial charge in [0.25, 0.3) is 0 Å². The third-order valence-corrected chi connectivity index (χ3v) is 2.62. The van der Waals surface area contributed by atoms with Crippen LogP contribution in [0, 0.1) is 0 Å². The predicted octanol–water partition coefficient (Wildman–Crippen LogP) is 2.71. The highest BCUT2D eigenvalue weighted by atomic mass is 35.5. The Morgan fingerprint density at radius 1 is 1.29 bits per heavy atom. The van der Waals surface area contributed by atoms with Crippen molar-refractivity contribution in [3.05, 3.63) is 41.7 Å². The number of aromatic nitrogens is 2. The molecule has 0 aliphatic carbocycles. The Morgan fingerprint density at radius 3 is 2.76 bits per heavy atom. The van der Waals surface area contributed by atoms with Crippen LogP contribution in [0.3, 0.4) is 0 Å². The number of ether oxygens (including phenoxy) is 1. The highest BCUT2D eigenvalue weighted by Gasteiger charge is 2.09. The van der Waals surface area contributed by atoms with Gasteiger partial charge in [0.05, 0.1) is 6.20 Å². The topological polar surface area (TPSA) is 47.3 Å². The number of para-hydroxylation sites is 1. The quantitative estimate of drug-likeness (QED) is 0.890. The fourth-order valence-corrected chi connectivity index (χ4v) is 1.63. The second-order valence-electron chi connectivity index (χ2n) is 3.52. The van der Waals surface area contributed by atoms with E-state index in [1.165, 1.54) is 0 Å². The maximum atomic E-state index is 8.75. The Kier molecular flexibility index (Phi) is 4.01. The van der Waals surface area contributed by atoms with Crippen molar-refractivity contribution in [2.45, 2.75) is 13.0 Å². The Balaban J connectivity index is 2.09. The number of rotatable bonds is 5. The van der Waals surface area contributed by atoms with Gasteiger partial charge in [0.1, 0.15) is 5.75 Å². The van der Waals surface area contributed by atoms with E-state index < -0.39 is 0 Å². The first-order valence-corrected chi connectivity index (χ1v) is 5.74. The Morgan fingerprint density at radius 2 is 2.06 bits per heavy atom. The second-order valence-corrected chi connectivity index (χ2v) is 3.87.